The summed E-state index contributed by atoms with van der Waals surface area (Å²) in [5.41, 5.74) is -0.00389. The monoisotopic (exact) mass is 228 g/mol. The molecular weight excluding hydrogens is 204 g/mol. The Morgan fingerprint density at radius 3 is 2.81 bits per heavy atom. The fraction of sp³-hybridized carbons (Fsp3) is 0.917. The molecule has 0 aromatic heterocycles. The molecule has 0 saturated carbocycles. The summed E-state index contributed by atoms with van der Waals surface area (Å²) in [7, 11) is 0. The van der Waals surface area contributed by atoms with E-state index in [0.29, 0.717) is 0 Å². The lowest BCUT2D eigenvalue weighted by Crippen LogP contribution is -2.57. The van der Waals surface area contributed by atoms with Crippen molar-refractivity contribution in [3.05, 3.63) is 0 Å². The van der Waals surface area contributed by atoms with Crippen molar-refractivity contribution in [2.45, 2.75) is 52.1 Å². The quantitative estimate of drug-likeness (QED) is 0.662. The first kappa shape index (κ1) is 13.5. The molecule has 0 spiro atoms. The van der Waals surface area contributed by atoms with Gasteiger partial charge in [-0.05, 0) is 31.2 Å². The van der Waals surface area contributed by atoms with Gasteiger partial charge in [0.05, 0.1) is 18.7 Å². The Kier molecular flexibility index (Phi) is 4.74. The predicted octanol–water partition coefficient (Wildman–Crippen LogP) is 0.652. The summed E-state index contributed by atoms with van der Waals surface area (Å²) in [5, 5.41) is 15.2. The number of carbonyl (C=O) groups is 1. The molecule has 1 unspecified atom stereocenters. The molecule has 0 aliphatic carbocycles. The van der Waals surface area contributed by atoms with Crippen LogP contribution in [0.15, 0.2) is 0 Å². The lowest BCUT2D eigenvalue weighted by atomic mass is 9.77. The summed E-state index contributed by atoms with van der Waals surface area (Å²) >= 11 is 0. The van der Waals surface area contributed by atoms with Crippen LogP contribution in [0.2, 0.25) is 0 Å². The summed E-state index contributed by atoms with van der Waals surface area (Å²) in [5.74, 6) is 0.0191. The minimum atomic E-state index is -0.137. The SMILES string of the molecule is CC[C@H](CO)NC(=O)C1NCCCC1(C)C. The summed E-state index contributed by atoms with van der Waals surface area (Å²) in [6.07, 6.45) is 2.94. The van der Waals surface area contributed by atoms with Gasteiger partial charge in [0, 0.05) is 0 Å². The summed E-state index contributed by atoms with van der Waals surface area (Å²) in [6, 6.07) is -0.256. The first-order chi connectivity index (χ1) is 7.51. The third kappa shape index (κ3) is 3.19. The van der Waals surface area contributed by atoms with E-state index in [9.17, 15) is 4.79 Å². The van der Waals surface area contributed by atoms with Gasteiger partial charge in [-0.1, -0.05) is 20.8 Å². The maximum atomic E-state index is 12.1. The fourth-order valence-electron chi connectivity index (χ4n) is 2.22. The molecule has 4 nitrogen and oxygen atoms in total. The molecule has 3 N–H and O–H groups in total. The standard InChI is InChI=1S/C12H24N2O2/c1-4-9(8-15)14-11(16)10-12(2,3)6-5-7-13-10/h9-10,13,15H,4-8H2,1-3H3,(H,14,16)/t9-,10?/m1/s1. The van der Waals surface area contributed by atoms with Crippen molar-refractivity contribution in [2.24, 2.45) is 5.41 Å². The van der Waals surface area contributed by atoms with Crippen LogP contribution in [0, 0.1) is 5.41 Å². The van der Waals surface area contributed by atoms with Gasteiger partial charge in [-0.25, -0.2) is 0 Å². The van der Waals surface area contributed by atoms with Crippen molar-refractivity contribution in [2.75, 3.05) is 13.2 Å². The molecule has 1 heterocycles. The highest BCUT2D eigenvalue weighted by molar-refractivity contribution is 5.83. The van der Waals surface area contributed by atoms with Crippen molar-refractivity contribution in [3.63, 3.8) is 0 Å². The summed E-state index contributed by atoms with van der Waals surface area (Å²) in [4.78, 5) is 12.1. The first-order valence-electron chi connectivity index (χ1n) is 6.16. The molecule has 0 radical (unpaired) electrons. The molecule has 0 bridgehead atoms. The minimum Gasteiger partial charge on any atom is -0.394 e. The molecule has 16 heavy (non-hydrogen) atoms. The van der Waals surface area contributed by atoms with Gasteiger partial charge in [-0.15, -0.1) is 0 Å². The van der Waals surface area contributed by atoms with Gasteiger partial charge >= 0.3 is 0 Å². The van der Waals surface area contributed by atoms with E-state index < -0.39 is 0 Å². The Morgan fingerprint density at radius 2 is 2.31 bits per heavy atom. The predicted molar refractivity (Wildman–Crippen MR) is 64.1 cm³/mol. The number of hydrogen-bond acceptors (Lipinski definition) is 3. The normalized spacial score (nSPS) is 26.1. The molecular formula is C12H24N2O2. The number of aliphatic hydroxyl groups excluding tert-OH is 1. The van der Waals surface area contributed by atoms with Gasteiger partial charge in [0.25, 0.3) is 0 Å². The van der Waals surface area contributed by atoms with E-state index in [2.05, 4.69) is 24.5 Å². The Balaban J connectivity index is 2.58. The highest BCUT2D eigenvalue weighted by Crippen LogP contribution is 2.30. The van der Waals surface area contributed by atoms with Gasteiger partial charge in [0.1, 0.15) is 0 Å². The zero-order valence-electron chi connectivity index (χ0n) is 10.5. The number of hydrogen-bond donors (Lipinski definition) is 3. The fourth-order valence-corrected chi connectivity index (χ4v) is 2.22. The molecule has 1 aliphatic rings. The van der Waals surface area contributed by atoms with Gasteiger partial charge in [-0.3, -0.25) is 4.79 Å². The van der Waals surface area contributed by atoms with Crippen molar-refractivity contribution >= 4 is 5.91 Å². The molecule has 1 amide bonds. The maximum absolute atomic E-state index is 12.1. The van der Waals surface area contributed by atoms with E-state index in [1.807, 2.05) is 6.92 Å². The van der Waals surface area contributed by atoms with E-state index in [0.717, 1.165) is 25.8 Å². The van der Waals surface area contributed by atoms with Gasteiger partial charge in [0.15, 0.2) is 0 Å². The third-order valence-electron chi connectivity index (χ3n) is 3.45. The van der Waals surface area contributed by atoms with Crippen LogP contribution < -0.4 is 10.6 Å². The zero-order valence-corrected chi connectivity index (χ0v) is 10.5. The van der Waals surface area contributed by atoms with E-state index in [-0.39, 0.29) is 30.0 Å². The Morgan fingerprint density at radius 1 is 1.62 bits per heavy atom. The number of aliphatic hydroxyl groups is 1. The van der Waals surface area contributed by atoms with Crippen LogP contribution >= 0.6 is 0 Å². The highest BCUT2D eigenvalue weighted by Gasteiger charge is 2.37. The van der Waals surface area contributed by atoms with Crippen molar-refractivity contribution in [1.29, 1.82) is 0 Å². The summed E-state index contributed by atoms with van der Waals surface area (Å²) < 4.78 is 0. The average molecular weight is 228 g/mol. The Bertz CT molecular complexity index is 237. The van der Waals surface area contributed by atoms with Crippen molar-refractivity contribution < 1.29 is 9.90 Å². The number of piperidine rings is 1. The second-order valence-corrected chi connectivity index (χ2v) is 5.28. The van der Waals surface area contributed by atoms with Crippen molar-refractivity contribution in [1.82, 2.24) is 10.6 Å². The second-order valence-electron chi connectivity index (χ2n) is 5.28. The molecule has 4 heteroatoms. The van der Waals surface area contributed by atoms with Crippen LogP contribution in [-0.4, -0.2) is 36.2 Å². The van der Waals surface area contributed by atoms with Crippen molar-refractivity contribution in [3.8, 4) is 0 Å². The zero-order chi connectivity index (χ0) is 12.2. The first-order valence-corrected chi connectivity index (χ1v) is 6.16. The topological polar surface area (TPSA) is 61.4 Å². The van der Waals surface area contributed by atoms with E-state index in [4.69, 9.17) is 5.11 Å². The number of nitrogens with one attached hydrogen (secondary N) is 2. The van der Waals surface area contributed by atoms with E-state index in [1.165, 1.54) is 0 Å². The third-order valence-corrected chi connectivity index (χ3v) is 3.45. The smallest absolute Gasteiger partial charge is 0.237 e. The van der Waals surface area contributed by atoms with Crippen LogP contribution in [0.1, 0.15) is 40.0 Å². The lowest BCUT2D eigenvalue weighted by Gasteiger charge is -2.38. The van der Waals surface area contributed by atoms with Crippen LogP contribution in [0.25, 0.3) is 0 Å². The van der Waals surface area contributed by atoms with Gasteiger partial charge < -0.3 is 15.7 Å². The number of amides is 1. The number of rotatable bonds is 4. The molecule has 1 rings (SSSR count). The molecule has 0 aromatic rings. The minimum absolute atomic E-state index is 0.00389. The molecule has 1 fully saturated rings. The van der Waals surface area contributed by atoms with Crippen LogP contribution in [-0.2, 0) is 4.79 Å². The Hall–Kier alpha value is -0.610. The van der Waals surface area contributed by atoms with E-state index in [1.54, 1.807) is 0 Å². The highest BCUT2D eigenvalue weighted by atomic mass is 16.3. The van der Waals surface area contributed by atoms with E-state index >= 15 is 0 Å². The summed E-state index contributed by atoms with van der Waals surface area (Å²) in [6.45, 7) is 7.10. The van der Waals surface area contributed by atoms with Crippen LogP contribution in [0.4, 0.5) is 0 Å². The average Bonchev–Trinajstić information content (AvgIpc) is 2.24. The van der Waals surface area contributed by atoms with Gasteiger partial charge in [-0.2, -0.15) is 0 Å². The molecule has 0 aromatic carbocycles. The second kappa shape index (κ2) is 5.64. The van der Waals surface area contributed by atoms with Crippen LogP contribution in [0.3, 0.4) is 0 Å². The largest absolute Gasteiger partial charge is 0.394 e. The van der Waals surface area contributed by atoms with Gasteiger partial charge in [0.2, 0.25) is 5.91 Å². The lowest BCUT2D eigenvalue weighted by molar-refractivity contribution is -0.127. The molecule has 1 aliphatic heterocycles. The molecule has 1 saturated heterocycles. The molecule has 2 atom stereocenters. The maximum Gasteiger partial charge on any atom is 0.237 e. The number of carbonyl (C=O) groups excluding carboxylic acids is 1. The molecule has 94 valence electrons. The van der Waals surface area contributed by atoms with Crippen LogP contribution in [0.5, 0.6) is 0 Å². The Labute approximate surface area is 97.8 Å².